The fourth-order valence-electron chi connectivity index (χ4n) is 3.64. The zero-order chi connectivity index (χ0) is 12.7. The fraction of sp³-hybridized carbons (Fsp3) is 1.00. The molecule has 0 bridgehead atoms. The molecule has 2 aliphatic rings. The smallest absolute Gasteiger partial charge is 0.134 e. The van der Waals surface area contributed by atoms with Crippen molar-refractivity contribution in [1.82, 2.24) is 10.2 Å². The Bertz CT molecular complexity index is 286. The van der Waals surface area contributed by atoms with E-state index in [4.69, 9.17) is 4.74 Å². The molecule has 2 heterocycles. The second-order valence-electron chi connectivity index (χ2n) is 6.52. The van der Waals surface area contributed by atoms with Crippen molar-refractivity contribution >= 4 is 0 Å². The molecule has 0 aromatic heterocycles. The van der Waals surface area contributed by atoms with E-state index in [1.807, 2.05) is 0 Å². The van der Waals surface area contributed by atoms with Crippen LogP contribution in [0.1, 0.15) is 47.0 Å². The van der Waals surface area contributed by atoms with E-state index in [2.05, 4.69) is 45.0 Å². The minimum Gasteiger partial charge on any atom is -0.352 e. The van der Waals surface area contributed by atoms with Crippen LogP contribution in [-0.4, -0.2) is 42.9 Å². The Morgan fingerprint density at radius 3 is 2.35 bits per heavy atom. The van der Waals surface area contributed by atoms with Crippen molar-refractivity contribution in [2.75, 3.05) is 26.7 Å². The number of ether oxygens (including phenoxy) is 1. The van der Waals surface area contributed by atoms with Gasteiger partial charge in [-0.1, -0.05) is 27.7 Å². The maximum atomic E-state index is 6.65. The van der Waals surface area contributed by atoms with Crippen molar-refractivity contribution in [3.8, 4) is 0 Å². The van der Waals surface area contributed by atoms with Gasteiger partial charge in [-0.05, 0) is 19.9 Å². The Morgan fingerprint density at radius 2 is 1.88 bits per heavy atom. The summed E-state index contributed by atoms with van der Waals surface area (Å²) in [5.41, 5.74) is 0.155. The van der Waals surface area contributed by atoms with Gasteiger partial charge in [0.25, 0.3) is 0 Å². The predicted molar refractivity (Wildman–Crippen MR) is 71.0 cm³/mol. The predicted octanol–water partition coefficient (Wildman–Crippen LogP) is 2.22. The average Bonchev–Trinajstić information content (AvgIpc) is 2.65. The summed E-state index contributed by atoms with van der Waals surface area (Å²) < 4.78 is 6.65. The topological polar surface area (TPSA) is 24.5 Å². The van der Waals surface area contributed by atoms with Crippen LogP contribution in [0.4, 0.5) is 0 Å². The van der Waals surface area contributed by atoms with Crippen molar-refractivity contribution in [2.45, 2.75) is 58.3 Å². The molecule has 0 aromatic rings. The van der Waals surface area contributed by atoms with Gasteiger partial charge in [-0.25, -0.2) is 0 Å². The standard InChI is InChI=1S/C14H28N2O/c1-6-13(7-2)12(3,4)10-15-14(17-13)8-9-16(5)11-14/h15H,6-11H2,1-5H3. The van der Waals surface area contributed by atoms with Crippen molar-refractivity contribution in [2.24, 2.45) is 5.41 Å². The van der Waals surface area contributed by atoms with Crippen LogP contribution in [0.2, 0.25) is 0 Å². The number of likely N-dealkylation sites (N-methyl/N-ethyl adjacent to an activating group) is 1. The lowest BCUT2D eigenvalue weighted by Gasteiger charge is -2.56. The van der Waals surface area contributed by atoms with E-state index in [0.29, 0.717) is 0 Å². The molecule has 2 saturated heterocycles. The molecule has 100 valence electrons. The maximum absolute atomic E-state index is 6.65. The first-order chi connectivity index (χ1) is 7.89. The Labute approximate surface area is 106 Å². The first kappa shape index (κ1) is 13.3. The summed E-state index contributed by atoms with van der Waals surface area (Å²) in [4.78, 5) is 2.36. The van der Waals surface area contributed by atoms with E-state index in [-0.39, 0.29) is 16.7 Å². The van der Waals surface area contributed by atoms with Gasteiger partial charge in [0.1, 0.15) is 5.72 Å². The summed E-state index contributed by atoms with van der Waals surface area (Å²) in [6, 6.07) is 0. The van der Waals surface area contributed by atoms with Gasteiger partial charge < -0.3 is 9.64 Å². The van der Waals surface area contributed by atoms with E-state index >= 15 is 0 Å². The Balaban J connectivity index is 2.24. The number of hydrogen-bond acceptors (Lipinski definition) is 3. The summed E-state index contributed by atoms with van der Waals surface area (Å²) in [5.74, 6) is 0. The number of nitrogens with zero attached hydrogens (tertiary/aromatic N) is 1. The third kappa shape index (κ3) is 2.02. The number of hydrogen-bond donors (Lipinski definition) is 1. The molecule has 0 saturated carbocycles. The minimum atomic E-state index is -0.0870. The minimum absolute atomic E-state index is 0.0312. The first-order valence-electron chi connectivity index (χ1n) is 7.02. The van der Waals surface area contributed by atoms with Crippen LogP contribution in [0.15, 0.2) is 0 Å². The molecule has 2 rings (SSSR count). The number of nitrogens with one attached hydrogen (secondary N) is 1. The van der Waals surface area contributed by atoms with Crippen LogP contribution in [0.3, 0.4) is 0 Å². The molecule has 17 heavy (non-hydrogen) atoms. The van der Waals surface area contributed by atoms with Crippen molar-refractivity contribution < 1.29 is 4.74 Å². The lowest BCUT2D eigenvalue weighted by Crippen LogP contribution is -2.68. The molecule has 0 radical (unpaired) electrons. The molecule has 3 heteroatoms. The zero-order valence-corrected chi connectivity index (χ0v) is 12.1. The largest absolute Gasteiger partial charge is 0.352 e. The van der Waals surface area contributed by atoms with Gasteiger partial charge in [-0.15, -0.1) is 0 Å². The molecule has 0 amide bonds. The highest BCUT2D eigenvalue weighted by molar-refractivity contribution is 5.04. The van der Waals surface area contributed by atoms with Gasteiger partial charge in [0.2, 0.25) is 0 Å². The van der Waals surface area contributed by atoms with E-state index in [9.17, 15) is 0 Å². The van der Waals surface area contributed by atoms with Gasteiger partial charge in [0.05, 0.1) is 5.60 Å². The van der Waals surface area contributed by atoms with E-state index in [1.54, 1.807) is 0 Å². The first-order valence-corrected chi connectivity index (χ1v) is 7.02. The third-order valence-electron chi connectivity index (χ3n) is 5.04. The molecule has 1 unspecified atom stereocenters. The highest BCUT2D eigenvalue weighted by atomic mass is 16.5. The summed E-state index contributed by atoms with van der Waals surface area (Å²) >= 11 is 0. The van der Waals surface area contributed by atoms with E-state index < -0.39 is 0 Å². The maximum Gasteiger partial charge on any atom is 0.134 e. The Morgan fingerprint density at radius 1 is 1.24 bits per heavy atom. The van der Waals surface area contributed by atoms with Gasteiger partial charge in [0.15, 0.2) is 0 Å². The van der Waals surface area contributed by atoms with Crippen molar-refractivity contribution in [1.29, 1.82) is 0 Å². The summed E-state index contributed by atoms with van der Waals surface area (Å²) in [7, 11) is 2.18. The molecular weight excluding hydrogens is 212 g/mol. The molecule has 1 atom stereocenters. The molecule has 2 fully saturated rings. The Kier molecular flexibility index (Phi) is 3.30. The summed E-state index contributed by atoms with van der Waals surface area (Å²) in [6.07, 6.45) is 3.31. The van der Waals surface area contributed by atoms with E-state index in [1.165, 1.54) is 0 Å². The number of rotatable bonds is 2. The molecule has 2 aliphatic heterocycles. The van der Waals surface area contributed by atoms with Crippen LogP contribution in [0.25, 0.3) is 0 Å². The van der Waals surface area contributed by atoms with Crippen molar-refractivity contribution in [3.05, 3.63) is 0 Å². The lowest BCUT2D eigenvalue weighted by atomic mass is 9.69. The molecular formula is C14H28N2O. The second-order valence-corrected chi connectivity index (χ2v) is 6.52. The normalized spacial score (nSPS) is 36.5. The van der Waals surface area contributed by atoms with Crippen LogP contribution in [0.5, 0.6) is 0 Å². The molecule has 3 nitrogen and oxygen atoms in total. The average molecular weight is 240 g/mol. The zero-order valence-electron chi connectivity index (χ0n) is 12.1. The highest BCUT2D eigenvalue weighted by Gasteiger charge is 2.54. The van der Waals surface area contributed by atoms with Gasteiger partial charge in [-0.2, -0.15) is 0 Å². The monoisotopic (exact) mass is 240 g/mol. The highest BCUT2D eigenvalue weighted by Crippen LogP contribution is 2.46. The number of likely N-dealkylation sites (tertiary alicyclic amines) is 1. The SMILES string of the molecule is CCC1(CC)OC2(CCN(C)C2)NCC1(C)C. The molecule has 0 aromatic carbocycles. The second kappa shape index (κ2) is 4.22. The fourth-order valence-corrected chi connectivity index (χ4v) is 3.64. The van der Waals surface area contributed by atoms with Crippen LogP contribution in [0, 0.1) is 5.41 Å². The quantitative estimate of drug-likeness (QED) is 0.801. The molecule has 1 spiro atoms. The van der Waals surface area contributed by atoms with Gasteiger partial charge in [-0.3, -0.25) is 5.32 Å². The van der Waals surface area contributed by atoms with Crippen LogP contribution >= 0.6 is 0 Å². The summed E-state index contributed by atoms with van der Waals surface area (Å²) in [5, 5.41) is 3.67. The van der Waals surface area contributed by atoms with Gasteiger partial charge >= 0.3 is 0 Å². The van der Waals surface area contributed by atoms with Crippen LogP contribution < -0.4 is 5.32 Å². The van der Waals surface area contributed by atoms with Crippen LogP contribution in [-0.2, 0) is 4.74 Å². The molecule has 1 N–H and O–H groups in total. The lowest BCUT2D eigenvalue weighted by molar-refractivity contribution is -0.248. The molecule has 0 aliphatic carbocycles. The summed E-state index contributed by atoms with van der Waals surface area (Å²) in [6.45, 7) is 12.4. The van der Waals surface area contributed by atoms with Gasteiger partial charge in [0, 0.05) is 31.5 Å². The Hall–Kier alpha value is -0.120. The van der Waals surface area contributed by atoms with E-state index in [0.717, 1.165) is 38.9 Å². The third-order valence-corrected chi connectivity index (χ3v) is 5.04. The van der Waals surface area contributed by atoms with Crippen molar-refractivity contribution in [3.63, 3.8) is 0 Å².